The maximum absolute atomic E-state index is 5.87. The van der Waals surface area contributed by atoms with E-state index in [1.165, 1.54) is 6.42 Å². The molecule has 0 bridgehead atoms. The molecule has 140 valence electrons. The molecule has 0 saturated carbocycles. The number of morpholine rings is 1. The van der Waals surface area contributed by atoms with Gasteiger partial charge in [-0.25, -0.2) is 0 Å². The van der Waals surface area contributed by atoms with Crippen LogP contribution in [0.4, 0.5) is 0 Å². The van der Waals surface area contributed by atoms with Crippen LogP contribution in [-0.2, 0) is 9.47 Å². The second-order valence-corrected chi connectivity index (χ2v) is 7.93. The van der Waals surface area contributed by atoms with E-state index in [9.17, 15) is 0 Å². The van der Waals surface area contributed by atoms with E-state index in [2.05, 4.69) is 47.8 Å². The Labute approximate surface area is 147 Å². The Balaban J connectivity index is 1.88. The molecule has 2 heterocycles. The summed E-state index contributed by atoms with van der Waals surface area (Å²) in [5.74, 6) is 1.62. The molecule has 2 rings (SSSR count). The number of guanidine groups is 1. The van der Waals surface area contributed by atoms with E-state index in [4.69, 9.17) is 9.47 Å². The minimum atomic E-state index is 0.0634. The van der Waals surface area contributed by atoms with E-state index in [-0.39, 0.29) is 5.54 Å². The van der Waals surface area contributed by atoms with Crippen LogP contribution in [-0.4, -0.2) is 87.0 Å². The monoisotopic (exact) mass is 340 g/mol. The number of nitrogens with zero attached hydrogens (tertiary/aromatic N) is 3. The molecule has 0 aromatic heterocycles. The van der Waals surface area contributed by atoms with Crippen LogP contribution in [0.1, 0.15) is 34.1 Å². The van der Waals surface area contributed by atoms with Crippen molar-refractivity contribution in [1.29, 1.82) is 0 Å². The van der Waals surface area contributed by atoms with Crippen molar-refractivity contribution in [3.63, 3.8) is 0 Å². The largest absolute Gasteiger partial charge is 0.384 e. The maximum Gasteiger partial charge on any atom is 0.193 e. The predicted molar refractivity (Wildman–Crippen MR) is 98.6 cm³/mol. The fourth-order valence-electron chi connectivity index (χ4n) is 3.81. The quantitative estimate of drug-likeness (QED) is 0.606. The molecule has 6 heteroatoms. The Kier molecular flexibility index (Phi) is 6.89. The zero-order chi connectivity index (χ0) is 17.7. The molecule has 24 heavy (non-hydrogen) atoms. The molecule has 0 radical (unpaired) electrons. The topological polar surface area (TPSA) is 49.3 Å². The van der Waals surface area contributed by atoms with Gasteiger partial charge >= 0.3 is 0 Å². The summed E-state index contributed by atoms with van der Waals surface area (Å²) in [7, 11) is 3.65. The lowest BCUT2D eigenvalue weighted by atomic mass is 10.00. The highest BCUT2D eigenvalue weighted by Crippen LogP contribution is 2.21. The fourth-order valence-corrected chi connectivity index (χ4v) is 3.81. The molecule has 6 nitrogen and oxygen atoms in total. The summed E-state index contributed by atoms with van der Waals surface area (Å²) in [5, 5.41) is 3.59. The van der Waals surface area contributed by atoms with E-state index in [1.807, 2.05) is 7.05 Å². The zero-order valence-corrected chi connectivity index (χ0v) is 16.3. The third-order valence-corrected chi connectivity index (χ3v) is 5.15. The molecule has 3 unspecified atom stereocenters. The normalized spacial score (nSPS) is 30.0. The lowest BCUT2D eigenvalue weighted by Crippen LogP contribution is -2.59. The molecule has 2 aliphatic heterocycles. The van der Waals surface area contributed by atoms with Crippen molar-refractivity contribution in [2.45, 2.75) is 51.9 Å². The first kappa shape index (κ1) is 19.5. The summed E-state index contributed by atoms with van der Waals surface area (Å²) < 4.78 is 11.2. The van der Waals surface area contributed by atoms with Crippen molar-refractivity contribution in [2.75, 3.05) is 53.5 Å². The van der Waals surface area contributed by atoms with Crippen molar-refractivity contribution >= 4 is 5.96 Å². The Morgan fingerprint density at radius 1 is 1.25 bits per heavy atom. The summed E-state index contributed by atoms with van der Waals surface area (Å²) in [6.07, 6.45) is 1.76. The molecule has 0 aromatic rings. The molecule has 2 saturated heterocycles. The van der Waals surface area contributed by atoms with Gasteiger partial charge in [0.05, 0.1) is 18.8 Å². The number of hydrogen-bond acceptors (Lipinski definition) is 4. The van der Waals surface area contributed by atoms with Crippen LogP contribution >= 0.6 is 0 Å². The van der Waals surface area contributed by atoms with Crippen molar-refractivity contribution in [1.82, 2.24) is 15.1 Å². The second-order valence-electron chi connectivity index (χ2n) is 7.93. The third kappa shape index (κ3) is 5.07. The van der Waals surface area contributed by atoms with Gasteiger partial charge in [-0.1, -0.05) is 0 Å². The van der Waals surface area contributed by atoms with E-state index in [0.29, 0.717) is 18.1 Å². The summed E-state index contributed by atoms with van der Waals surface area (Å²) >= 11 is 0. The van der Waals surface area contributed by atoms with Gasteiger partial charge in [0.15, 0.2) is 5.96 Å². The molecule has 0 aromatic carbocycles. The lowest BCUT2D eigenvalue weighted by molar-refractivity contribution is -0.0947. The van der Waals surface area contributed by atoms with Gasteiger partial charge in [0.2, 0.25) is 0 Å². The molecule has 3 atom stereocenters. The standard InChI is InChI=1S/C18H36N4O2/c1-14-9-22(10-15(2)24-14)18(3,4)13-20-17(19-5)21-8-7-16(11-21)12-23-6/h14-16H,7-13H2,1-6H3,(H,19,20). The predicted octanol–water partition coefficient (Wildman–Crippen LogP) is 1.42. The Morgan fingerprint density at radius 2 is 1.92 bits per heavy atom. The van der Waals surface area contributed by atoms with Gasteiger partial charge in [-0.3, -0.25) is 9.89 Å². The van der Waals surface area contributed by atoms with E-state index in [1.54, 1.807) is 7.11 Å². The van der Waals surface area contributed by atoms with Crippen LogP contribution < -0.4 is 5.32 Å². The number of methoxy groups -OCH3 is 1. The molecule has 2 aliphatic rings. The van der Waals surface area contributed by atoms with Crippen LogP contribution in [0.15, 0.2) is 4.99 Å². The summed E-state index contributed by atoms with van der Waals surface area (Å²) in [4.78, 5) is 9.37. The second kappa shape index (κ2) is 8.50. The lowest BCUT2D eigenvalue weighted by Gasteiger charge is -2.45. The van der Waals surface area contributed by atoms with Gasteiger partial charge in [0.25, 0.3) is 0 Å². The average Bonchev–Trinajstić information content (AvgIpc) is 2.96. The van der Waals surface area contributed by atoms with Gasteiger partial charge in [0.1, 0.15) is 0 Å². The van der Waals surface area contributed by atoms with Gasteiger partial charge < -0.3 is 19.7 Å². The third-order valence-electron chi connectivity index (χ3n) is 5.15. The molecule has 1 N–H and O–H groups in total. The SMILES string of the molecule is CN=C(NCC(C)(C)N1CC(C)OC(C)C1)N1CCC(COC)C1. The zero-order valence-electron chi connectivity index (χ0n) is 16.3. The van der Waals surface area contributed by atoms with Crippen molar-refractivity contribution in [3.8, 4) is 0 Å². The number of rotatable bonds is 5. The summed E-state index contributed by atoms with van der Waals surface area (Å²) in [6, 6.07) is 0. The number of ether oxygens (including phenoxy) is 2. The number of likely N-dealkylation sites (tertiary alicyclic amines) is 1. The Hall–Kier alpha value is -0.850. The first-order chi connectivity index (χ1) is 11.4. The van der Waals surface area contributed by atoms with Crippen LogP contribution in [0.5, 0.6) is 0 Å². The van der Waals surface area contributed by atoms with Crippen LogP contribution in [0, 0.1) is 5.92 Å². The number of hydrogen-bond donors (Lipinski definition) is 1. The molecule has 2 fully saturated rings. The molecule has 0 spiro atoms. The van der Waals surface area contributed by atoms with Gasteiger partial charge in [-0.2, -0.15) is 0 Å². The maximum atomic E-state index is 5.87. The van der Waals surface area contributed by atoms with Crippen molar-refractivity contribution in [3.05, 3.63) is 0 Å². The summed E-state index contributed by atoms with van der Waals surface area (Å²) in [5.41, 5.74) is 0.0634. The highest BCUT2D eigenvalue weighted by molar-refractivity contribution is 5.80. The van der Waals surface area contributed by atoms with E-state index >= 15 is 0 Å². The summed E-state index contributed by atoms with van der Waals surface area (Å²) in [6.45, 7) is 14.7. The molecule has 0 amide bonds. The first-order valence-electron chi connectivity index (χ1n) is 9.20. The average molecular weight is 341 g/mol. The minimum Gasteiger partial charge on any atom is -0.384 e. The Bertz CT molecular complexity index is 417. The minimum absolute atomic E-state index is 0.0634. The van der Waals surface area contributed by atoms with Gasteiger partial charge in [-0.05, 0) is 34.1 Å². The number of nitrogens with one attached hydrogen (secondary N) is 1. The molecule has 0 aliphatic carbocycles. The first-order valence-corrected chi connectivity index (χ1v) is 9.20. The van der Waals surface area contributed by atoms with E-state index in [0.717, 1.165) is 45.3 Å². The highest BCUT2D eigenvalue weighted by atomic mass is 16.5. The van der Waals surface area contributed by atoms with Gasteiger partial charge in [0, 0.05) is 58.3 Å². The molecular weight excluding hydrogens is 304 g/mol. The van der Waals surface area contributed by atoms with Crippen molar-refractivity contribution in [2.24, 2.45) is 10.9 Å². The van der Waals surface area contributed by atoms with Crippen LogP contribution in [0.25, 0.3) is 0 Å². The molecular formula is C18H36N4O2. The number of aliphatic imine (C=N–C) groups is 1. The van der Waals surface area contributed by atoms with Crippen LogP contribution in [0.2, 0.25) is 0 Å². The smallest absolute Gasteiger partial charge is 0.193 e. The van der Waals surface area contributed by atoms with Gasteiger partial charge in [-0.15, -0.1) is 0 Å². The van der Waals surface area contributed by atoms with Crippen molar-refractivity contribution < 1.29 is 9.47 Å². The fraction of sp³-hybridized carbons (Fsp3) is 0.944. The van der Waals surface area contributed by atoms with Crippen LogP contribution in [0.3, 0.4) is 0 Å². The van der Waals surface area contributed by atoms with E-state index < -0.39 is 0 Å². The highest BCUT2D eigenvalue weighted by Gasteiger charge is 2.34. The Morgan fingerprint density at radius 3 is 2.50 bits per heavy atom.